The molecular weight excluding hydrogens is 952 g/mol. The van der Waals surface area contributed by atoms with Crippen LogP contribution in [0.15, 0.2) is 60.8 Å². The van der Waals surface area contributed by atoms with Crippen LogP contribution in [0.1, 0.15) is 278 Å². The predicted octanol–water partition coefficient (Wildman–Crippen LogP) is 17.9. The first-order valence-electron chi connectivity index (χ1n) is 30.2. The largest absolute Gasteiger partial charge is 0.472 e. The molecule has 0 aliphatic rings. The van der Waals surface area contributed by atoms with Crippen LogP contribution in [0.5, 0.6) is 0 Å². The van der Waals surface area contributed by atoms with E-state index in [9.17, 15) is 28.9 Å². The Bertz CT molecular complexity index is 1470. The van der Waals surface area contributed by atoms with E-state index in [2.05, 4.69) is 81.5 Å². The highest BCUT2D eigenvalue weighted by Gasteiger charge is 2.28. The number of phosphoric ester groups is 1. The molecular formula is C62H111O11P. The normalized spacial score (nSPS) is 13.7. The van der Waals surface area contributed by atoms with Gasteiger partial charge in [0, 0.05) is 19.3 Å². The first-order valence-corrected chi connectivity index (χ1v) is 31.7. The van der Waals surface area contributed by atoms with Gasteiger partial charge in [-0.1, -0.05) is 242 Å². The van der Waals surface area contributed by atoms with E-state index in [0.717, 1.165) is 109 Å². The third kappa shape index (κ3) is 54.0. The van der Waals surface area contributed by atoms with Crippen molar-refractivity contribution < 1.29 is 52.2 Å². The van der Waals surface area contributed by atoms with Crippen molar-refractivity contribution >= 4 is 25.7 Å². The number of aliphatic hydroxyl groups is 1. The molecule has 0 aromatic carbocycles. The van der Waals surface area contributed by atoms with Crippen LogP contribution in [0.25, 0.3) is 0 Å². The smallest absolute Gasteiger partial charge is 0.462 e. The van der Waals surface area contributed by atoms with Crippen molar-refractivity contribution in [3.05, 3.63) is 60.8 Å². The standard InChI is InChI=1S/C62H111O11P/c1-4-7-10-13-16-19-22-24-26-28-29-31-32-34-37-39-42-45-48-51-60(64)69-55-59(73-62(66)53-50-47-44-41-38-35-33-30-27-25-23-20-17-14-11-8-5-2)57-71-74(67,68)70-56-58(54-63)72-61(65)52-49-46-43-40-36-21-18-15-12-9-6-3/h8,11,15,17-18,20,25,27,33,35,58-59,63H,4-7,9-10,12-14,16,19,21-24,26,28-32,34,36-57H2,1-3H3,(H,67,68)/b11-8-,18-15-,20-17-,27-25-,35-33-. The zero-order valence-electron chi connectivity index (χ0n) is 47.6. The summed E-state index contributed by atoms with van der Waals surface area (Å²) in [4.78, 5) is 48.6. The number of allylic oxidation sites excluding steroid dienone is 10. The number of unbranched alkanes of at least 4 members (excludes halogenated alkanes) is 29. The summed E-state index contributed by atoms with van der Waals surface area (Å²) < 4.78 is 39.5. The Balaban J connectivity index is 4.72. The maximum Gasteiger partial charge on any atom is 0.472 e. The molecule has 0 aromatic heterocycles. The number of carbonyl (C=O) groups excluding carboxylic acids is 3. The highest BCUT2D eigenvalue weighted by atomic mass is 31.2. The van der Waals surface area contributed by atoms with Crippen molar-refractivity contribution in [1.82, 2.24) is 0 Å². The summed E-state index contributed by atoms with van der Waals surface area (Å²) in [6.07, 6.45) is 61.8. The second kappa shape index (κ2) is 56.4. The molecule has 11 nitrogen and oxygen atoms in total. The zero-order valence-corrected chi connectivity index (χ0v) is 48.5. The number of aliphatic hydroxyl groups excluding tert-OH is 1. The molecule has 0 fully saturated rings. The Morgan fingerprint density at radius 1 is 0.392 bits per heavy atom. The fourth-order valence-corrected chi connectivity index (χ4v) is 9.11. The molecule has 0 rings (SSSR count). The van der Waals surface area contributed by atoms with E-state index in [-0.39, 0.29) is 25.9 Å². The minimum Gasteiger partial charge on any atom is -0.462 e. The third-order valence-corrected chi connectivity index (χ3v) is 13.9. The van der Waals surface area contributed by atoms with Crippen molar-refractivity contribution in [2.75, 3.05) is 26.4 Å². The van der Waals surface area contributed by atoms with Gasteiger partial charge in [-0.25, -0.2) is 4.57 Å². The third-order valence-electron chi connectivity index (χ3n) is 12.9. The fraction of sp³-hybridized carbons (Fsp3) is 0.790. The summed E-state index contributed by atoms with van der Waals surface area (Å²) in [5.74, 6) is -1.49. The van der Waals surface area contributed by atoms with Crippen molar-refractivity contribution in [3.8, 4) is 0 Å². The minimum absolute atomic E-state index is 0.140. The summed E-state index contributed by atoms with van der Waals surface area (Å²) in [6, 6.07) is 0. The molecule has 0 aliphatic heterocycles. The Morgan fingerprint density at radius 2 is 0.716 bits per heavy atom. The maximum absolute atomic E-state index is 12.9. The van der Waals surface area contributed by atoms with Crippen LogP contribution in [0.3, 0.4) is 0 Å². The number of hydrogen-bond donors (Lipinski definition) is 2. The first-order chi connectivity index (χ1) is 36.2. The van der Waals surface area contributed by atoms with Gasteiger partial charge in [0.25, 0.3) is 0 Å². The van der Waals surface area contributed by atoms with E-state index in [1.165, 1.54) is 109 Å². The molecule has 0 aliphatic carbocycles. The van der Waals surface area contributed by atoms with Crippen LogP contribution in [0.4, 0.5) is 0 Å². The molecule has 430 valence electrons. The number of ether oxygens (including phenoxy) is 3. The highest BCUT2D eigenvalue weighted by molar-refractivity contribution is 7.47. The average Bonchev–Trinajstić information content (AvgIpc) is 3.39. The number of carbonyl (C=O) groups is 3. The fourth-order valence-electron chi connectivity index (χ4n) is 8.33. The molecule has 0 spiro atoms. The van der Waals surface area contributed by atoms with E-state index < -0.39 is 57.8 Å². The Morgan fingerprint density at radius 3 is 1.14 bits per heavy atom. The van der Waals surface area contributed by atoms with Gasteiger partial charge in [-0.2, -0.15) is 0 Å². The van der Waals surface area contributed by atoms with Crippen molar-refractivity contribution in [2.24, 2.45) is 0 Å². The molecule has 0 heterocycles. The maximum atomic E-state index is 12.9. The van der Waals surface area contributed by atoms with Gasteiger partial charge >= 0.3 is 25.7 Å². The lowest BCUT2D eigenvalue weighted by atomic mass is 10.0. The van der Waals surface area contributed by atoms with E-state index in [1.807, 2.05) is 0 Å². The monoisotopic (exact) mass is 1060 g/mol. The van der Waals surface area contributed by atoms with Gasteiger partial charge in [0.2, 0.25) is 0 Å². The molecule has 2 N–H and O–H groups in total. The van der Waals surface area contributed by atoms with Crippen LogP contribution >= 0.6 is 7.82 Å². The van der Waals surface area contributed by atoms with Gasteiger partial charge in [-0.3, -0.25) is 23.4 Å². The molecule has 0 saturated heterocycles. The van der Waals surface area contributed by atoms with Crippen LogP contribution in [-0.4, -0.2) is 66.5 Å². The molecule has 0 radical (unpaired) electrons. The molecule has 3 atom stereocenters. The average molecular weight is 1060 g/mol. The molecule has 0 amide bonds. The van der Waals surface area contributed by atoms with Gasteiger partial charge in [-0.05, 0) is 77.0 Å². The molecule has 0 bridgehead atoms. The number of phosphoric acid groups is 1. The number of hydrogen-bond acceptors (Lipinski definition) is 10. The van der Waals surface area contributed by atoms with Crippen LogP contribution < -0.4 is 0 Å². The van der Waals surface area contributed by atoms with E-state index >= 15 is 0 Å². The Hall–Kier alpha value is -2.82. The van der Waals surface area contributed by atoms with Crippen LogP contribution in [0, 0.1) is 0 Å². The van der Waals surface area contributed by atoms with Crippen LogP contribution in [-0.2, 0) is 42.2 Å². The predicted molar refractivity (Wildman–Crippen MR) is 307 cm³/mol. The Labute approximate surface area is 453 Å². The Kier molecular flexibility index (Phi) is 54.2. The molecule has 3 unspecified atom stereocenters. The molecule has 12 heteroatoms. The lowest BCUT2D eigenvalue weighted by Crippen LogP contribution is -2.30. The molecule has 74 heavy (non-hydrogen) atoms. The molecule has 0 saturated carbocycles. The van der Waals surface area contributed by atoms with Crippen molar-refractivity contribution in [3.63, 3.8) is 0 Å². The van der Waals surface area contributed by atoms with Crippen molar-refractivity contribution in [2.45, 2.75) is 290 Å². The highest BCUT2D eigenvalue weighted by Crippen LogP contribution is 2.43. The summed E-state index contributed by atoms with van der Waals surface area (Å²) in [7, 11) is -4.75. The molecule has 0 aromatic rings. The van der Waals surface area contributed by atoms with Crippen LogP contribution in [0.2, 0.25) is 0 Å². The lowest BCUT2D eigenvalue weighted by molar-refractivity contribution is -0.161. The van der Waals surface area contributed by atoms with Gasteiger partial charge in [-0.15, -0.1) is 0 Å². The lowest BCUT2D eigenvalue weighted by Gasteiger charge is -2.21. The first kappa shape index (κ1) is 71.2. The summed E-state index contributed by atoms with van der Waals surface area (Å²) in [6.45, 7) is 4.49. The summed E-state index contributed by atoms with van der Waals surface area (Å²) in [5.41, 5.74) is 0. The SMILES string of the molecule is CC/C=C\C/C=C\C/C=C\C/C=C\CCCCCCC(=O)OC(COC(=O)CCCCCCCCCCCCCCCCCCCCC)COP(=O)(O)OCC(CO)OC(=O)CCCCCCC/C=C\CCCC. The second-order valence-corrected chi connectivity index (χ2v) is 21.6. The second-order valence-electron chi connectivity index (χ2n) is 20.1. The summed E-state index contributed by atoms with van der Waals surface area (Å²) >= 11 is 0. The van der Waals surface area contributed by atoms with E-state index in [4.69, 9.17) is 23.3 Å². The topological polar surface area (TPSA) is 155 Å². The summed E-state index contributed by atoms with van der Waals surface area (Å²) in [5, 5.41) is 9.80. The number of esters is 3. The van der Waals surface area contributed by atoms with Gasteiger partial charge in [0.1, 0.15) is 12.7 Å². The van der Waals surface area contributed by atoms with Gasteiger partial charge in [0.05, 0.1) is 19.8 Å². The van der Waals surface area contributed by atoms with E-state index in [1.54, 1.807) is 0 Å². The quantitative estimate of drug-likeness (QED) is 0.0197. The van der Waals surface area contributed by atoms with Gasteiger partial charge < -0.3 is 24.2 Å². The number of rotatable bonds is 56. The van der Waals surface area contributed by atoms with E-state index in [0.29, 0.717) is 19.3 Å². The van der Waals surface area contributed by atoms with Gasteiger partial charge in [0.15, 0.2) is 6.10 Å². The minimum atomic E-state index is -4.75. The zero-order chi connectivity index (χ0) is 54.1. The van der Waals surface area contributed by atoms with Crippen molar-refractivity contribution in [1.29, 1.82) is 0 Å².